The Morgan fingerprint density at radius 2 is 1.22 bits per heavy atom. The zero-order chi connectivity index (χ0) is 30.2. The van der Waals surface area contributed by atoms with E-state index in [4.69, 9.17) is 19.4 Å². The average molecular weight is 590 g/mol. The van der Waals surface area contributed by atoms with Crippen LogP contribution in [-0.4, -0.2) is 24.5 Å². The molecule has 0 N–H and O–H groups in total. The number of hydrogen-bond acceptors (Lipinski definition) is 5. The summed E-state index contributed by atoms with van der Waals surface area (Å²) in [5.74, 6) is 1.72. The summed E-state index contributed by atoms with van der Waals surface area (Å²) in [4.78, 5) is 19.9. The van der Waals surface area contributed by atoms with Crippen molar-refractivity contribution in [2.45, 2.75) is 0 Å². The van der Waals surface area contributed by atoms with Gasteiger partial charge in [-0.05, 0) is 51.9 Å². The summed E-state index contributed by atoms with van der Waals surface area (Å²) in [6.45, 7) is 0. The van der Waals surface area contributed by atoms with Crippen molar-refractivity contribution in [3.63, 3.8) is 0 Å². The first kappa shape index (κ1) is 25.0. The van der Waals surface area contributed by atoms with E-state index in [1.165, 1.54) is 16.2 Å². The maximum atomic E-state index is 6.21. The van der Waals surface area contributed by atoms with Gasteiger partial charge in [-0.1, -0.05) is 97.1 Å². The van der Waals surface area contributed by atoms with Gasteiger partial charge < -0.3 is 4.42 Å². The largest absolute Gasteiger partial charge is 0.456 e. The van der Waals surface area contributed by atoms with Crippen LogP contribution in [0, 0.1) is 0 Å². The van der Waals surface area contributed by atoms with Crippen molar-refractivity contribution in [1.29, 1.82) is 0 Å². The maximum Gasteiger partial charge on any atom is 0.238 e. The first-order chi connectivity index (χ1) is 22.8. The highest BCUT2D eigenvalue weighted by molar-refractivity contribution is 6.12. The Balaban J connectivity index is 1.29. The van der Waals surface area contributed by atoms with Gasteiger partial charge >= 0.3 is 0 Å². The summed E-state index contributed by atoms with van der Waals surface area (Å²) in [5, 5.41) is 8.91. The lowest BCUT2D eigenvalue weighted by Gasteiger charge is -2.12. The molecule has 0 spiro atoms. The van der Waals surface area contributed by atoms with E-state index in [0.29, 0.717) is 17.6 Å². The molecule has 0 saturated carbocycles. The third-order valence-corrected chi connectivity index (χ3v) is 8.94. The second-order valence-electron chi connectivity index (χ2n) is 11.5. The molecule has 0 bridgehead atoms. The molecule has 0 aliphatic heterocycles. The molecule has 0 atom stereocenters. The van der Waals surface area contributed by atoms with Crippen molar-refractivity contribution >= 4 is 65.3 Å². The van der Waals surface area contributed by atoms with Crippen molar-refractivity contribution in [2.75, 3.05) is 0 Å². The number of hydrogen-bond donors (Lipinski definition) is 0. The van der Waals surface area contributed by atoms with Crippen molar-refractivity contribution in [3.05, 3.63) is 140 Å². The van der Waals surface area contributed by atoms with Crippen LogP contribution in [0.1, 0.15) is 0 Å². The highest BCUT2D eigenvalue weighted by Gasteiger charge is 2.20. The van der Waals surface area contributed by atoms with Crippen LogP contribution in [0.5, 0.6) is 0 Å². The minimum atomic E-state index is 0.555. The van der Waals surface area contributed by atoms with Gasteiger partial charge in [-0.2, -0.15) is 9.97 Å². The molecule has 0 saturated heterocycles. The summed E-state index contributed by atoms with van der Waals surface area (Å²) >= 11 is 0. The van der Waals surface area contributed by atoms with Gasteiger partial charge in [0, 0.05) is 45.1 Å². The van der Waals surface area contributed by atoms with E-state index in [2.05, 4.69) is 113 Å². The lowest BCUT2D eigenvalue weighted by molar-refractivity contribution is 0.668. The predicted octanol–water partition coefficient (Wildman–Crippen LogP) is 9.90. The van der Waals surface area contributed by atoms with E-state index in [1.807, 2.05) is 30.5 Å². The maximum absolute atomic E-state index is 6.21. The number of pyridine rings is 1. The van der Waals surface area contributed by atoms with Gasteiger partial charge in [-0.15, -0.1) is 0 Å². The van der Waals surface area contributed by atoms with Gasteiger partial charge in [0.25, 0.3) is 0 Å². The van der Waals surface area contributed by atoms with Crippen molar-refractivity contribution in [2.24, 2.45) is 0 Å². The zero-order valence-corrected chi connectivity index (χ0v) is 24.4. The number of rotatable bonds is 3. The molecule has 4 heterocycles. The second-order valence-corrected chi connectivity index (χ2v) is 11.5. The summed E-state index contributed by atoms with van der Waals surface area (Å²) in [6.07, 6.45) is 3.59. The van der Waals surface area contributed by atoms with E-state index in [0.717, 1.165) is 60.3 Å². The van der Waals surface area contributed by atoms with Crippen LogP contribution >= 0.6 is 0 Å². The minimum absolute atomic E-state index is 0.555. The second kappa shape index (κ2) is 9.55. The molecule has 0 amide bonds. The lowest BCUT2D eigenvalue weighted by atomic mass is 10.00. The normalized spacial score (nSPS) is 11.9. The number of aromatic nitrogens is 5. The summed E-state index contributed by atoms with van der Waals surface area (Å²) in [7, 11) is 0. The molecule has 0 radical (unpaired) electrons. The Kier molecular flexibility index (Phi) is 5.19. The Hall–Kier alpha value is -6.40. The van der Waals surface area contributed by atoms with Crippen molar-refractivity contribution < 1.29 is 4.42 Å². The quantitative estimate of drug-likeness (QED) is 0.192. The Morgan fingerprint density at radius 3 is 2.07 bits per heavy atom. The molecular formula is C40H23N5O. The monoisotopic (exact) mass is 589 g/mol. The summed E-state index contributed by atoms with van der Waals surface area (Å²) < 4.78 is 8.36. The smallest absolute Gasteiger partial charge is 0.238 e. The fourth-order valence-electron chi connectivity index (χ4n) is 6.86. The zero-order valence-electron chi connectivity index (χ0n) is 24.4. The molecule has 0 aliphatic rings. The number of fused-ring (bicyclic) bond motifs is 9. The van der Waals surface area contributed by atoms with Crippen molar-refractivity contribution in [3.8, 4) is 28.7 Å². The Labute approximate surface area is 262 Å². The van der Waals surface area contributed by atoms with Crippen LogP contribution in [0.4, 0.5) is 0 Å². The SMILES string of the molecule is c1ccc2c(c1)ccc1cc(-c3nc(-c4cccc5oc6ccncc6c45)nc(-n4c5ccccc5c5ccccc54)n3)ccc12. The predicted molar refractivity (Wildman–Crippen MR) is 185 cm³/mol. The molecule has 0 unspecified atom stereocenters. The van der Waals surface area contributed by atoms with E-state index in [-0.39, 0.29) is 0 Å². The first-order valence-corrected chi connectivity index (χ1v) is 15.2. The number of benzene rings is 6. The van der Waals surface area contributed by atoms with Crippen molar-refractivity contribution in [1.82, 2.24) is 24.5 Å². The van der Waals surface area contributed by atoms with Crippen LogP contribution in [-0.2, 0) is 0 Å². The van der Waals surface area contributed by atoms with Crippen LogP contribution in [0.3, 0.4) is 0 Å². The fraction of sp³-hybridized carbons (Fsp3) is 0. The van der Waals surface area contributed by atoms with Crippen LogP contribution < -0.4 is 0 Å². The van der Waals surface area contributed by atoms with Gasteiger partial charge in [0.05, 0.1) is 11.0 Å². The molecule has 214 valence electrons. The highest BCUT2D eigenvalue weighted by atomic mass is 16.3. The summed E-state index contributed by atoms with van der Waals surface area (Å²) in [5.41, 5.74) is 5.39. The van der Waals surface area contributed by atoms with Crippen LogP contribution in [0.15, 0.2) is 144 Å². The van der Waals surface area contributed by atoms with Gasteiger partial charge in [0.1, 0.15) is 11.2 Å². The molecule has 6 nitrogen and oxygen atoms in total. The Bertz CT molecular complexity index is 2780. The van der Waals surface area contributed by atoms with Crippen LogP contribution in [0.2, 0.25) is 0 Å². The summed E-state index contributed by atoms with van der Waals surface area (Å²) in [6, 6.07) is 44.0. The van der Waals surface area contributed by atoms with E-state index >= 15 is 0 Å². The number of nitrogens with zero attached hydrogens (tertiary/aromatic N) is 5. The lowest BCUT2D eigenvalue weighted by Crippen LogP contribution is -2.06. The van der Waals surface area contributed by atoms with Gasteiger partial charge in [0.15, 0.2) is 11.6 Å². The molecule has 4 aromatic heterocycles. The molecule has 46 heavy (non-hydrogen) atoms. The topological polar surface area (TPSA) is 69.6 Å². The molecule has 6 aromatic carbocycles. The molecule has 0 aliphatic carbocycles. The van der Waals surface area contributed by atoms with E-state index in [1.54, 1.807) is 6.20 Å². The third kappa shape index (κ3) is 3.64. The van der Waals surface area contributed by atoms with Gasteiger partial charge in [-0.25, -0.2) is 4.98 Å². The van der Waals surface area contributed by atoms with Gasteiger partial charge in [-0.3, -0.25) is 9.55 Å². The highest BCUT2D eigenvalue weighted by Crippen LogP contribution is 2.37. The third-order valence-electron chi connectivity index (χ3n) is 8.94. The molecule has 10 aromatic rings. The standard InChI is InChI=1S/C40H23N5O/c1-2-9-27-24(8-1)16-17-25-22-26(18-19-28(25)27)38-42-39(31-12-7-15-36-37(31)32-23-41-21-20-35(32)46-36)44-40(43-38)45-33-13-5-3-10-29(33)30-11-4-6-14-34(30)45/h1-23H. The van der Waals surface area contributed by atoms with E-state index in [9.17, 15) is 0 Å². The average Bonchev–Trinajstić information content (AvgIpc) is 3.67. The fourth-order valence-corrected chi connectivity index (χ4v) is 6.86. The first-order valence-electron chi connectivity index (χ1n) is 15.2. The molecular weight excluding hydrogens is 566 g/mol. The van der Waals surface area contributed by atoms with E-state index < -0.39 is 0 Å². The minimum Gasteiger partial charge on any atom is -0.456 e. The van der Waals surface area contributed by atoms with Crippen LogP contribution in [0.25, 0.3) is 94.0 Å². The van der Waals surface area contributed by atoms with Gasteiger partial charge in [0.2, 0.25) is 5.95 Å². The molecule has 10 rings (SSSR count). The number of furan rings is 1. The molecule has 0 fully saturated rings. The number of para-hydroxylation sites is 2. The molecule has 6 heteroatoms. The Morgan fingerprint density at radius 1 is 0.500 bits per heavy atom.